The van der Waals surface area contributed by atoms with Crippen molar-refractivity contribution in [3.63, 3.8) is 0 Å². The van der Waals surface area contributed by atoms with Crippen LogP contribution in [0, 0.1) is 6.92 Å². The number of methoxy groups -OCH3 is 1. The van der Waals surface area contributed by atoms with Crippen molar-refractivity contribution in [2.45, 2.75) is 45.9 Å². The number of aliphatic hydroxyl groups is 1. The highest BCUT2D eigenvalue weighted by atomic mass is 16.5. The SMILES string of the molecule is CC[C@H](C)N(Cc1cccc(C)c1)C[C@@H](O)COc1ccc(OC)cc1. The van der Waals surface area contributed by atoms with Gasteiger partial charge in [0.1, 0.15) is 24.2 Å². The van der Waals surface area contributed by atoms with Crippen LogP contribution >= 0.6 is 0 Å². The van der Waals surface area contributed by atoms with Crippen molar-refractivity contribution in [2.24, 2.45) is 0 Å². The summed E-state index contributed by atoms with van der Waals surface area (Å²) in [6, 6.07) is 16.3. The van der Waals surface area contributed by atoms with Crippen LogP contribution in [0.2, 0.25) is 0 Å². The molecule has 0 aromatic heterocycles. The number of aryl methyl sites for hydroxylation is 1. The number of ether oxygens (including phenoxy) is 2. The van der Waals surface area contributed by atoms with Crippen molar-refractivity contribution in [3.8, 4) is 11.5 Å². The zero-order valence-corrected chi connectivity index (χ0v) is 16.3. The first-order valence-corrected chi connectivity index (χ1v) is 9.26. The van der Waals surface area contributed by atoms with Crippen molar-refractivity contribution in [1.29, 1.82) is 0 Å². The lowest BCUT2D eigenvalue weighted by Crippen LogP contribution is -2.40. The summed E-state index contributed by atoms with van der Waals surface area (Å²) in [6.45, 7) is 8.16. The molecule has 0 aliphatic heterocycles. The highest BCUT2D eigenvalue weighted by Gasteiger charge is 2.17. The second-order valence-corrected chi connectivity index (χ2v) is 6.82. The van der Waals surface area contributed by atoms with Gasteiger partial charge in [0.2, 0.25) is 0 Å². The maximum atomic E-state index is 10.5. The van der Waals surface area contributed by atoms with Gasteiger partial charge < -0.3 is 14.6 Å². The second-order valence-electron chi connectivity index (χ2n) is 6.82. The Kier molecular flexibility index (Phi) is 7.95. The molecule has 2 atom stereocenters. The molecule has 2 aromatic carbocycles. The minimum atomic E-state index is -0.545. The standard InChI is InChI=1S/C22H31NO3/c1-5-18(3)23(14-19-8-6-7-17(2)13-19)15-20(24)16-26-22-11-9-21(25-4)10-12-22/h6-13,18,20,24H,5,14-16H2,1-4H3/t18-,20+/m0/s1. The predicted molar refractivity (Wildman–Crippen MR) is 106 cm³/mol. The first-order chi connectivity index (χ1) is 12.5. The van der Waals surface area contributed by atoms with Gasteiger partial charge in [-0.15, -0.1) is 0 Å². The normalized spacial score (nSPS) is 13.5. The molecule has 0 fully saturated rings. The smallest absolute Gasteiger partial charge is 0.119 e. The fourth-order valence-corrected chi connectivity index (χ4v) is 2.89. The van der Waals surface area contributed by atoms with Crippen LogP contribution in [0.25, 0.3) is 0 Å². The molecule has 4 nitrogen and oxygen atoms in total. The van der Waals surface area contributed by atoms with Gasteiger partial charge in [0.15, 0.2) is 0 Å². The fraction of sp³-hybridized carbons (Fsp3) is 0.455. The summed E-state index contributed by atoms with van der Waals surface area (Å²) in [5.74, 6) is 1.53. The van der Waals surface area contributed by atoms with E-state index in [1.807, 2.05) is 24.3 Å². The molecule has 0 aliphatic rings. The van der Waals surface area contributed by atoms with Crippen molar-refractivity contribution < 1.29 is 14.6 Å². The summed E-state index contributed by atoms with van der Waals surface area (Å²) >= 11 is 0. The predicted octanol–water partition coefficient (Wildman–Crippen LogP) is 4.04. The zero-order valence-electron chi connectivity index (χ0n) is 16.3. The van der Waals surface area contributed by atoms with E-state index in [-0.39, 0.29) is 6.61 Å². The van der Waals surface area contributed by atoms with Gasteiger partial charge in [-0.25, -0.2) is 0 Å². The minimum Gasteiger partial charge on any atom is -0.497 e. The lowest BCUT2D eigenvalue weighted by Gasteiger charge is -2.30. The van der Waals surface area contributed by atoms with Crippen molar-refractivity contribution >= 4 is 0 Å². The molecule has 0 amide bonds. The van der Waals surface area contributed by atoms with Crippen LogP contribution in [0.3, 0.4) is 0 Å². The molecule has 4 heteroatoms. The van der Waals surface area contributed by atoms with Crippen LogP contribution in [0.1, 0.15) is 31.4 Å². The Morgan fingerprint density at radius 2 is 1.77 bits per heavy atom. The van der Waals surface area contributed by atoms with E-state index in [0.717, 1.165) is 24.5 Å². The molecule has 142 valence electrons. The number of hydrogen-bond donors (Lipinski definition) is 1. The lowest BCUT2D eigenvalue weighted by atomic mass is 10.1. The minimum absolute atomic E-state index is 0.271. The molecule has 0 radical (unpaired) electrons. The molecule has 2 rings (SSSR count). The van der Waals surface area contributed by atoms with E-state index in [2.05, 4.69) is 49.9 Å². The molecular formula is C22H31NO3. The largest absolute Gasteiger partial charge is 0.497 e. The molecule has 0 saturated carbocycles. The van der Waals surface area contributed by atoms with Gasteiger partial charge in [0.25, 0.3) is 0 Å². The van der Waals surface area contributed by atoms with Crippen LogP contribution in [0.15, 0.2) is 48.5 Å². The van der Waals surface area contributed by atoms with E-state index in [1.165, 1.54) is 11.1 Å². The third-order valence-corrected chi connectivity index (χ3v) is 4.63. The van der Waals surface area contributed by atoms with E-state index in [4.69, 9.17) is 9.47 Å². The molecule has 0 aliphatic carbocycles. The average Bonchev–Trinajstić information content (AvgIpc) is 2.65. The van der Waals surface area contributed by atoms with Gasteiger partial charge in [-0.1, -0.05) is 36.8 Å². The second kappa shape index (κ2) is 10.2. The van der Waals surface area contributed by atoms with Gasteiger partial charge in [-0.3, -0.25) is 4.90 Å². The Bertz CT molecular complexity index is 657. The quantitative estimate of drug-likeness (QED) is 0.697. The monoisotopic (exact) mass is 357 g/mol. The average molecular weight is 357 g/mol. The van der Waals surface area contributed by atoms with Gasteiger partial charge in [0.05, 0.1) is 7.11 Å². The summed E-state index contributed by atoms with van der Waals surface area (Å²) < 4.78 is 10.9. The number of aliphatic hydroxyl groups excluding tert-OH is 1. The maximum absolute atomic E-state index is 10.5. The van der Waals surface area contributed by atoms with E-state index >= 15 is 0 Å². The summed E-state index contributed by atoms with van der Waals surface area (Å²) in [5, 5.41) is 10.5. The van der Waals surface area contributed by atoms with Crippen LogP contribution in [-0.2, 0) is 6.54 Å². The first-order valence-electron chi connectivity index (χ1n) is 9.26. The van der Waals surface area contributed by atoms with Gasteiger partial charge in [-0.05, 0) is 50.1 Å². The van der Waals surface area contributed by atoms with E-state index in [9.17, 15) is 5.11 Å². The third-order valence-electron chi connectivity index (χ3n) is 4.63. The molecule has 1 N–H and O–H groups in total. The van der Waals surface area contributed by atoms with Gasteiger partial charge >= 0.3 is 0 Å². The Balaban J connectivity index is 1.91. The van der Waals surface area contributed by atoms with Gasteiger partial charge in [0, 0.05) is 19.1 Å². The Morgan fingerprint density at radius 3 is 2.38 bits per heavy atom. The molecule has 0 bridgehead atoms. The van der Waals surface area contributed by atoms with E-state index < -0.39 is 6.10 Å². The summed E-state index contributed by atoms with van der Waals surface area (Å²) in [4.78, 5) is 2.32. The van der Waals surface area contributed by atoms with Crippen LogP contribution in [-0.4, -0.2) is 42.4 Å². The Hall–Kier alpha value is -2.04. The summed E-state index contributed by atoms with van der Waals surface area (Å²) in [6.07, 6.45) is 0.494. The van der Waals surface area contributed by atoms with Crippen LogP contribution < -0.4 is 9.47 Å². The lowest BCUT2D eigenvalue weighted by molar-refractivity contribution is 0.0506. The van der Waals surface area contributed by atoms with Crippen LogP contribution in [0.4, 0.5) is 0 Å². The molecule has 26 heavy (non-hydrogen) atoms. The summed E-state index contributed by atoms with van der Waals surface area (Å²) in [7, 11) is 1.64. The van der Waals surface area contributed by atoms with Crippen LogP contribution in [0.5, 0.6) is 11.5 Å². The Morgan fingerprint density at radius 1 is 1.08 bits per heavy atom. The van der Waals surface area contributed by atoms with Crippen molar-refractivity contribution in [2.75, 3.05) is 20.3 Å². The van der Waals surface area contributed by atoms with E-state index in [0.29, 0.717) is 12.6 Å². The number of rotatable bonds is 10. The van der Waals surface area contributed by atoms with E-state index in [1.54, 1.807) is 7.11 Å². The number of nitrogens with zero attached hydrogens (tertiary/aromatic N) is 1. The third kappa shape index (κ3) is 6.36. The van der Waals surface area contributed by atoms with Crippen molar-refractivity contribution in [1.82, 2.24) is 4.90 Å². The molecule has 0 unspecified atom stereocenters. The Labute approximate surface area is 157 Å². The summed E-state index contributed by atoms with van der Waals surface area (Å²) in [5.41, 5.74) is 2.53. The fourth-order valence-electron chi connectivity index (χ4n) is 2.89. The highest BCUT2D eigenvalue weighted by molar-refractivity contribution is 5.31. The number of hydrogen-bond acceptors (Lipinski definition) is 4. The van der Waals surface area contributed by atoms with Gasteiger partial charge in [-0.2, -0.15) is 0 Å². The zero-order chi connectivity index (χ0) is 18.9. The molecule has 0 heterocycles. The van der Waals surface area contributed by atoms with Crippen molar-refractivity contribution in [3.05, 3.63) is 59.7 Å². The number of benzene rings is 2. The molecule has 0 saturated heterocycles. The highest BCUT2D eigenvalue weighted by Crippen LogP contribution is 2.18. The maximum Gasteiger partial charge on any atom is 0.119 e. The first kappa shape index (κ1) is 20.3. The molecule has 2 aromatic rings. The topological polar surface area (TPSA) is 41.9 Å². The molecular weight excluding hydrogens is 326 g/mol. The molecule has 0 spiro atoms.